The van der Waals surface area contributed by atoms with Crippen LogP contribution >= 0.6 is 23.2 Å². The molecule has 3 aromatic rings. The number of benzene rings is 3. The predicted octanol–water partition coefficient (Wildman–Crippen LogP) is 6.45. The minimum absolute atomic E-state index is 0.161. The summed E-state index contributed by atoms with van der Waals surface area (Å²) < 4.78 is 11.3. The zero-order valence-electron chi connectivity index (χ0n) is 16.2. The molecule has 0 amide bonds. The van der Waals surface area contributed by atoms with E-state index in [-0.39, 0.29) is 11.5 Å². The highest BCUT2D eigenvalue weighted by molar-refractivity contribution is 6.42. The van der Waals surface area contributed by atoms with Gasteiger partial charge in [0.15, 0.2) is 5.76 Å². The van der Waals surface area contributed by atoms with Crippen LogP contribution in [0.15, 0.2) is 60.4 Å². The Hall–Kier alpha value is -3.08. The van der Waals surface area contributed by atoms with Crippen LogP contribution in [-0.4, -0.2) is 11.8 Å². The van der Waals surface area contributed by atoms with Gasteiger partial charge in [0, 0.05) is 6.07 Å². The Balaban J connectivity index is 1.61. The number of hydrogen-bond donors (Lipinski definition) is 0. The number of carbonyl (C=O) groups excluding carboxylic acids is 2. The number of fused-ring (bicyclic) bond motifs is 1. The van der Waals surface area contributed by atoms with E-state index in [1.165, 1.54) is 0 Å². The van der Waals surface area contributed by atoms with Crippen molar-refractivity contribution >= 4 is 41.0 Å². The minimum atomic E-state index is -0.478. The Bertz CT molecular complexity index is 1230. The summed E-state index contributed by atoms with van der Waals surface area (Å²) in [6, 6.07) is 15.4. The van der Waals surface area contributed by atoms with E-state index in [1.807, 2.05) is 13.0 Å². The van der Waals surface area contributed by atoms with Gasteiger partial charge >= 0.3 is 5.97 Å². The molecule has 0 atom stereocenters. The van der Waals surface area contributed by atoms with E-state index in [1.54, 1.807) is 61.5 Å². The van der Waals surface area contributed by atoms with Gasteiger partial charge in [-0.1, -0.05) is 47.0 Å². The number of hydrogen-bond acceptors (Lipinski definition) is 4. The van der Waals surface area contributed by atoms with Gasteiger partial charge in [0.2, 0.25) is 5.78 Å². The summed E-state index contributed by atoms with van der Waals surface area (Å²) in [4.78, 5) is 25.2. The highest BCUT2D eigenvalue weighted by Crippen LogP contribution is 2.38. The van der Waals surface area contributed by atoms with Gasteiger partial charge < -0.3 is 9.47 Å². The molecule has 0 aromatic heterocycles. The summed E-state index contributed by atoms with van der Waals surface area (Å²) in [5.41, 5.74) is 3.19. The zero-order chi connectivity index (χ0) is 21.4. The number of halogens is 2. The van der Waals surface area contributed by atoms with Gasteiger partial charge in [-0.05, 0) is 61.4 Å². The average Bonchev–Trinajstić information content (AvgIpc) is 3.00. The SMILES string of the molecule is Cc1cccc(C(=O)Oc2cc(C)c3c(c2)O/C(=C\c2ccc(Cl)c(Cl)c2)C3=O)c1. The van der Waals surface area contributed by atoms with Crippen LogP contribution in [0.1, 0.15) is 37.4 Å². The van der Waals surface area contributed by atoms with Crippen LogP contribution in [0.5, 0.6) is 11.5 Å². The fourth-order valence-electron chi connectivity index (χ4n) is 3.23. The molecule has 0 unspecified atom stereocenters. The third-order valence-corrected chi connectivity index (χ3v) is 5.39. The zero-order valence-corrected chi connectivity index (χ0v) is 17.7. The average molecular weight is 439 g/mol. The van der Waals surface area contributed by atoms with Gasteiger partial charge in [-0.25, -0.2) is 4.79 Å². The van der Waals surface area contributed by atoms with Crippen molar-refractivity contribution in [2.24, 2.45) is 0 Å². The standard InChI is InChI=1S/C24H16Cl2O4/c1-13-4-3-5-16(8-13)24(28)29-17-9-14(2)22-20(12-17)30-21(23(22)27)11-15-6-7-18(25)19(26)10-15/h3-12H,1-2H3/b21-11-. The molecule has 3 aromatic carbocycles. The second-order valence-electron chi connectivity index (χ2n) is 6.99. The number of allylic oxidation sites excluding steroid dienone is 1. The first kappa shape index (κ1) is 20.2. The van der Waals surface area contributed by atoms with E-state index in [9.17, 15) is 9.59 Å². The van der Waals surface area contributed by atoms with Crippen molar-refractivity contribution in [1.29, 1.82) is 0 Å². The topological polar surface area (TPSA) is 52.6 Å². The molecule has 0 radical (unpaired) electrons. The molecule has 150 valence electrons. The van der Waals surface area contributed by atoms with E-state index in [0.717, 1.165) is 5.56 Å². The summed E-state index contributed by atoms with van der Waals surface area (Å²) in [6.07, 6.45) is 1.60. The quantitative estimate of drug-likeness (QED) is 0.268. The highest BCUT2D eigenvalue weighted by Gasteiger charge is 2.30. The lowest BCUT2D eigenvalue weighted by molar-refractivity contribution is 0.0734. The summed E-state index contributed by atoms with van der Waals surface area (Å²) in [6.45, 7) is 3.67. The van der Waals surface area contributed by atoms with Gasteiger partial charge in [0.05, 0.1) is 21.2 Å². The van der Waals surface area contributed by atoms with Crippen LogP contribution < -0.4 is 9.47 Å². The number of Topliss-reactive ketones (excluding diaryl/α,β-unsaturated/α-hetero) is 1. The highest BCUT2D eigenvalue weighted by atomic mass is 35.5. The van der Waals surface area contributed by atoms with E-state index in [2.05, 4.69) is 0 Å². The van der Waals surface area contributed by atoms with Crippen LogP contribution in [-0.2, 0) is 0 Å². The Labute approximate surface area is 183 Å². The molecular weight excluding hydrogens is 423 g/mol. The van der Waals surface area contributed by atoms with Gasteiger partial charge in [0.1, 0.15) is 11.5 Å². The molecule has 1 aliphatic rings. The number of rotatable bonds is 3. The summed E-state index contributed by atoms with van der Waals surface area (Å²) in [5, 5.41) is 0.812. The molecule has 0 N–H and O–H groups in total. The molecule has 6 heteroatoms. The van der Waals surface area contributed by atoms with Gasteiger partial charge in [-0.15, -0.1) is 0 Å². The summed E-state index contributed by atoms with van der Waals surface area (Å²) >= 11 is 12.0. The van der Waals surface area contributed by atoms with Crippen molar-refractivity contribution in [3.8, 4) is 11.5 Å². The van der Waals surface area contributed by atoms with Crippen LogP contribution in [0.4, 0.5) is 0 Å². The fourth-order valence-corrected chi connectivity index (χ4v) is 3.53. The first-order valence-corrected chi connectivity index (χ1v) is 9.90. The van der Waals surface area contributed by atoms with Gasteiger partial charge in [0.25, 0.3) is 0 Å². The van der Waals surface area contributed by atoms with Crippen molar-refractivity contribution in [3.05, 3.63) is 98.2 Å². The molecule has 0 saturated heterocycles. The van der Waals surface area contributed by atoms with Gasteiger partial charge in [-0.2, -0.15) is 0 Å². The molecule has 0 saturated carbocycles. The molecule has 4 rings (SSSR count). The fraction of sp³-hybridized carbons (Fsp3) is 0.0833. The molecule has 1 aliphatic heterocycles. The Morgan fingerprint density at radius 1 is 1.00 bits per heavy atom. The Morgan fingerprint density at radius 3 is 2.53 bits per heavy atom. The van der Waals surface area contributed by atoms with Crippen LogP contribution in [0, 0.1) is 13.8 Å². The maximum absolute atomic E-state index is 12.8. The first-order chi connectivity index (χ1) is 14.3. The molecule has 1 heterocycles. The maximum atomic E-state index is 12.8. The largest absolute Gasteiger partial charge is 0.452 e. The lowest BCUT2D eigenvalue weighted by Gasteiger charge is -2.08. The summed E-state index contributed by atoms with van der Waals surface area (Å²) in [7, 11) is 0. The third-order valence-electron chi connectivity index (χ3n) is 4.65. The normalized spacial score (nSPS) is 13.9. The van der Waals surface area contributed by atoms with E-state index in [4.69, 9.17) is 32.7 Å². The number of esters is 1. The van der Waals surface area contributed by atoms with Gasteiger partial charge in [-0.3, -0.25) is 4.79 Å². The molecular formula is C24H16Cl2O4. The number of aryl methyl sites for hydroxylation is 2. The van der Waals surface area contributed by atoms with Crippen molar-refractivity contribution in [1.82, 2.24) is 0 Å². The number of ether oxygens (including phenoxy) is 2. The van der Waals surface area contributed by atoms with Crippen LogP contribution in [0.25, 0.3) is 6.08 Å². The van der Waals surface area contributed by atoms with Crippen molar-refractivity contribution in [2.75, 3.05) is 0 Å². The minimum Gasteiger partial charge on any atom is -0.452 e. The number of carbonyl (C=O) groups is 2. The first-order valence-electron chi connectivity index (χ1n) is 9.14. The monoisotopic (exact) mass is 438 g/mol. The third kappa shape index (κ3) is 3.97. The predicted molar refractivity (Wildman–Crippen MR) is 117 cm³/mol. The van der Waals surface area contributed by atoms with E-state index < -0.39 is 5.97 Å². The van der Waals surface area contributed by atoms with Crippen LogP contribution in [0.3, 0.4) is 0 Å². The second-order valence-corrected chi connectivity index (χ2v) is 7.80. The van der Waals surface area contributed by atoms with Crippen molar-refractivity contribution in [2.45, 2.75) is 13.8 Å². The Morgan fingerprint density at radius 2 is 1.80 bits per heavy atom. The molecule has 30 heavy (non-hydrogen) atoms. The lowest BCUT2D eigenvalue weighted by Crippen LogP contribution is -2.09. The van der Waals surface area contributed by atoms with Crippen LogP contribution in [0.2, 0.25) is 10.0 Å². The molecule has 0 fully saturated rings. The molecule has 0 bridgehead atoms. The van der Waals surface area contributed by atoms with E-state index in [0.29, 0.717) is 43.8 Å². The van der Waals surface area contributed by atoms with Crippen molar-refractivity contribution in [3.63, 3.8) is 0 Å². The summed E-state index contributed by atoms with van der Waals surface area (Å²) in [5.74, 6) is 0.0902. The molecule has 4 nitrogen and oxygen atoms in total. The van der Waals surface area contributed by atoms with E-state index >= 15 is 0 Å². The lowest BCUT2D eigenvalue weighted by atomic mass is 10.0. The number of ketones is 1. The second kappa shape index (κ2) is 7.98. The smallest absolute Gasteiger partial charge is 0.343 e. The molecule has 0 spiro atoms. The Kier molecular flexibility index (Phi) is 5.37. The maximum Gasteiger partial charge on any atom is 0.343 e. The molecule has 0 aliphatic carbocycles. The van der Waals surface area contributed by atoms with Crippen molar-refractivity contribution < 1.29 is 19.1 Å².